The van der Waals surface area contributed by atoms with Crippen molar-refractivity contribution in [1.82, 2.24) is 0 Å². The average molecular weight is 146 g/mol. The van der Waals surface area contributed by atoms with Crippen molar-refractivity contribution in [3.05, 3.63) is 0 Å². The van der Waals surface area contributed by atoms with Gasteiger partial charge in [-0.05, 0) is 29.6 Å². The zero-order valence-corrected chi connectivity index (χ0v) is 5.02. The molecule has 5 fully saturated rings. The van der Waals surface area contributed by atoms with Crippen LogP contribution in [0.3, 0.4) is 0 Å². The van der Waals surface area contributed by atoms with Crippen LogP contribution in [0.4, 0.5) is 13.2 Å². The second kappa shape index (κ2) is 0.743. The van der Waals surface area contributed by atoms with Gasteiger partial charge in [0.25, 0.3) is 0 Å². The molecule has 5 aliphatic carbocycles. The van der Waals surface area contributed by atoms with E-state index in [-0.39, 0.29) is 17.8 Å². The molecule has 4 atom stereocenters. The molecule has 5 rings (SSSR count). The van der Waals surface area contributed by atoms with Crippen molar-refractivity contribution in [2.24, 2.45) is 35.0 Å². The summed E-state index contributed by atoms with van der Waals surface area (Å²) in [5, 5.41) is 0. The maximum atomic E-state index is 12.2. The van der Waals surface area contributed by atoms with Gasteiger partial charge in [0, 0.05) is 0 Å². The summed E-state index contributed by atoms with van der Waals surface area (Å²) in [6.07, 6.45) is -3.85. The molecule has 5 aliphatic rings. The lowest BCUT2D eigenvalue weighted by Gasteiger charge is -2.29. The van der Waals surface area contributed by atoms with Gasteiger partial charge in [-0.1, -0.05) is 0 Å². The van der Waals surface area contributed by atoms with Crippen molar-refractivity contribution in [3.63, 3.8) is 0 Å². The van der Waals surface area contributed by atoms with Crippen molar-refractivity contribution >= 4 is 0 Å². The summed E-state index contributed by atoms with van der Waals surface area (Å²) in [6, 6.07) is 0. The predicted molar refractivity (Wildman–Crippen MR) is 25.9 cm³/mol. The summed E-state index contributed by atoms with van der Waals surface area (Å²) in [5.41, 5.74) is -1.08. The van der Waals surface area contributed by atoms with Crippen molar-refractivity contribution < 1.29 is 13.2 Å². The van der Waals surface area contributed by atoms with Crippen LogP contribution in [0.25, 0.3) is 0 Å². The van der Waals surface area contributed by atoms with Crippen LogP contribution in [0.2, 0.25) is 0 Å². The van der Waals surface area contributed by atoms with Gasteiger partial charge < -0.3 is 0 Å². The Labute approximate surface area is 55.4 Å². The average Bonchev–Trinajstić information content (AvgIpc) is 2.00. The third-order valence-corrected chi connectivity index (χ3v) is 4.39. The first-order valence-corrected chi connectivity index (χ1v) is 3.68. The van der Waals surface area contributed by atoms with E-state index in [1.807, 2.05) is 0 Å². The van der Waals surface area contributed by atoms with E-state index in [9.17, 15) is 13.2 Å². The first kappa shape index (κ1) is 4.62. The van der Waals surface area contributed by atoms with Gasteiger partial charge in [-0.15, -0.1) is 0 Å². The standard InChI is InChI=1S/C7H5F3/c8-7(9,10)6-3-1-2(3)5(6)4(1)6/h1-5H. The number of halogens is 3. The van der Waals surface area contributed by atoms with Crippen molar-refractivity contribution in [2.75, 3.05) is 0 Å². The van der Waals surface area contributed by atoms with Crippen LogP contribution < -0.4 is 0 Å². The molecule has 5 saturated carbocycles. The molecule has 0 heterocycles. The van der Waals surface area contributed by atoms with Crippen molar-refractivity contribution in [1.29, 1.82) is 0 Å². The highest BCUT2D eigenvalue weighted by molar-refractivity contribution is 5.53. The highest BCUT2D eigenvalue weighted by atomic mass is 19.4. The molecule has 3 heteroatoms. The van der Waals surface area contributed by atoms with Gasteiger partial charge in [-0.25, -0.2) is 0 Å². The third kappa shape index (κ3) is 0.164. The molecule has 0 saturated heterocycles. The van der Waals surface area contributed by atoms with Gasteiger partial charge in [-0.3, -0.25) is 0 Å². The van der Waals surface area contributed by atoms with Gasteiger partial charge in [0.05, 0.1) is 5.41 Å². The van der Waals surface area contributed by atoms with Crippen LogP contribution in [0.1, 0.15) is 0 Å². The van der Waals surface area contributed by atoms with E-state index in [2.05, 4.69) is 0 Å². The zero-order chi connectivity index (χ0) is 6.89. The second-order valence-corrected chi connectivity index (χ2v) is 4.16. The lowest BCUT2D eigenvalue weighted by Crippen LogP contribution is -2.38. The minimum Gasteiger partial charge on any atom is -0.170 e. The quantitative estimate of drug-likeness (QED) is 0.487. The number of hydrogen-bond donors (Lipinski definition) is 0. The summed E-state index contributed by atoms with van der Waals surface area (Å²) >= 11 is 0. The molecule has 4 unspecified atom stereocenters. The van der Waals surface area contributed by atoms with Gasteiger partial charge in [0.2, 0.25) is 0 Å². The molecule has 0 aromatic carbocycles. The van der Waals surface area contributed by atoms with Crippen LogP contribution in [0.5, 0.6) is 0 Å². The fourth-order valence-corrected chi connectivity index (χ4v) is 4.13. The van der Waals surface area contributed by atoms with E-state index >= 15 is 0 Å². The molecular weight excluding hydrogens is 141 g/mol. The van der Waals surface area contributed by atoms with E-state index < -0.39 is 11.6 Å². The van der Waals surface area contributed by atoms with Crippen LogP contribution in [0, 0.1) is 35.0 Å². The Morgan fingerprint density at radius 3 is 1.60 bits per heavy atom. The molecule has 0 aromatic heterocycles. The van der Waals surface area contributed by atoms with Gasteiger partial charge >= 0.3 is 6.18 Å². The molecule has 10 heavy (non-hydrogen) atoms. The third-order valence-electron chi connectivity index (χ3n) is 4.39. The topological polar surface area (TPSA) is 0 Å². The number of alkyl halides is 3. The highest BCUT2D eigenvalue weighted by Gasteiger charge is 3.11. The predicted octanol–water partition coefficient (Wildman–Crippen LogP) is 1.67. The highest BCUT2D eigenvalue weighted by Crippen LogP contribution is 3.09. The Kier molecular flexibility index (Phi) is 0.344. The van der Waals surface area contributed by atoms with Crippen LogP contribution in [-0.4, -0.2) is 6.18 Å². The molecule has 0 aliphatic heterocycles. The minimum absolute atomic E-state index is 0.113. The maximum absolute atomic E-state index is 12.2. The Morgan fingerprint density at radius 2 is 1.40 bits per heavy atom. The molecule has 0 bridgehead atoms. The molecule has 0 spiro atoms. The van der Waals surface area contributed by atoms with E-state index in [1.54, 1.807) is 0 Å². The molecular formula is C7H5F3. The maximum Gasteiger partial charge on any atom is 0.395 e. The zero-order valence-electron chi connectivity index (χ0n) is 5.02. The van der Waals surface area contributed by atoms with Gasteiger partial charge in [0.1, 0.15) is 0 Å². The van der Waals surface area contributed by atoms with E-state index in [0.29, 0.717) is 11.8 Å². The molecule has 0 aromatic rings. The Hall–Kier alpha value is -0.210. The van der Waals surface area contributed by atoms with E-state index in [4.69, 9.17) is 0 Å². The Bertz CT molecular complexity index is 225. The van der Waals surface area contributed by atoms with Crippen LogP contribution in [0.15, 0.2) is 0 Å². The van der Waals surface area contributed by atoms with E-state index in [0.717, 1.165) is 0 Å². The largest absolute Gasteiger partial charge is 0.395 e. The molecule has 0 amide bonds. The fraction of sp³-hybridized carbons (Fsp3) is 1.00. The lowest BCUT2D eigenvalue weighted by molar-refractivity contribution is -0.224. The smallest absolute Gasteiger partial charge is 0.170 e. The summed E-state index contributed by atoms with van der Waals surface area (Å²) in [4.78, 5) is 0. The fourth-order valence-electron chi connectivity index (χ4n) is 4.13. The summed E-state index contributed by atoms with van der Waals surface area (Å²) in [7, 11) is 0. The molecule has 0 nitrogen and oxygen atoms in total. The van der Waals surface area contributed by atoms with Crippen LogP contribution >= 0.6 is 0 Å². The lowest BCUT2D eigenvalue weighted by atomic mass is 9.81. The second-order valence-electron chi connectivity index (χ2n) is 4.16. The normalized spacial score (nSPS) is 78.9. The first-order chi connectivity index (χ1) is 4.62. The minimum atomic E-state index is -3.85. The summed E-state index contributed by atoms with van der Waals surface area (Å²) < 4.78 is 36.7. The monoisotopic (exact) mass is 146 g/mol. The molecule has 54 valence electrons. The number of hydrogen-bond acceptors (Lipinski definition) is 0. The molecule has 0 N–H and O–H groups in total. The van der Waals surface area contributed by atoms with Gasteiger partial charge in [0.15, 0.2) is 0 Å². The SMILES string of the molecule is FC(F)(F)C12C3C4C3C1C42. The summed E-state index contributed by atoms with van der Waals surface area (Å²) in [5.74, 6) is 1.44. The first-order valence-electron chi connectivity index (χ1n) is 3.68. The van der Waals surface area contributed by atoms with Crippen molar-refractivity contribution in [3.8, 4) is 0 Å². The Balaban J connectivity index is 1.85. The van der Waals surface area contributed by atoms with Crippen LogP contribution in [-0.2, 0) is 0 Å². The van der Waals surface area contributed by atoms with Crippen molar-refractivity contribution in [2.45, 2.75) is 6.18 Å². The summed E-state index contributed by atoms with van der Waals surface area (Å²) in [6.45, 7) is 0. The number of rotatable bonds is 0. The molecule has 0 radical (unpaired) electrons. The Morgan fingerprint density at radius 1 is 0.900 bits per heavy atom. The van der Waals surface area contributed by atoms with Gasteiger partial charge in [-0.2, -0.15) is 13.2 Å². The van der Waals surface area contributed by atoms with E-state index in [1.165, 1.54) is 0 Å².